The van der Waals surface area contributed by atoms with E-state index < -0.39 is 11.7 Å². The minimum Gasteiger partial charge on any atom is -0.352 e. The lowest BCUT2D eigenvalue weighted by Crippen LogP contribution is -2.27. The van der Waals surface area contributed by atoms with Gasteiger partial charge in [-0.25, -0.2) is 4.39 Å². The fourth-order valence-corrected chi connectivity index (χ4v) is 2.35. The van der Waals surface area contributed by atoms with E-state index >= 15 is 0 Å². The molecular weight excluding hydrogens is 359 g/mol. The molecule has 2 rings (SSSR count). The molecule has 0 fully saturated rings. The quantitative estimate of drug-likeness (QED) is 0.726. The largest absolute Gasteiger partial charge is 0.352 e. The van der Waals surface area contributed by atoms with Crippen molar-refractivity contribution in [1.82, 2.24) is 15.2 Å². The number of anilines is 1. The maximum atomic E-state index is 13.2. The first-order valence-electron chi connectivity index (χ1n) is 8.01. The summed E-state index contributed by atoms with van der Waals surface area (Å²) in [6, 6.07) is 5.32. The van der Waals surface area contributed by atoms with Crippen LogP contribution in [-0.4, -0.2) is 48.9 Å². The summed E-state index contributed by atoms with van der Waals surface area (Å²) in [5.74, 6) is -1.34. The van der Waals surface area contributed by atoms with Crippen LogP contribution in [0.25, 0.3) is 0 Å². The molecule has 1 aromatic heterocycles. The Morgan fingerprint density at radius 2 is 1.85 bits per heavy atom. The van der Waals surface area contributed by atoms with E-state index in [1.807, 2.05) is 19.0 Å². The molecule has 2 N–H and O–H groups in total. The number of hydrogen-bond donors (Lipinski definition) is 2. The molecule has 1 heterocycles. The summed E-state index contributed by atoms with van der Waals surface area (Å²) in [4.78, 5) is 30.4. The van der Waals surface area contributed by atoms with Crippen LogP contribution in [0.5, 0.6) is 0 Å². The number of pyridine rings is 1. The third-order valence-electron chi connectivity index (χ3n) is 3.51. The average Bonchev–Trinajstić information content (AvgIpc) is 2.61. The smallest absolute Gasteiger partial charge is 0.257 e. The first-order valence-corrected chi connectivity index (χ1v) is 8.39. The summed E-state index contributed by atoms with van der Waals surface area (Å²) in [7, 11) is 3.92. The number of nitrogens with one attached hydrogen (secondary N) is 2. The number of benzene rings is 1. The van der Waals surface area contributed by atoms with Crippen LogP contribution >= 0.6 is 11.6 Å². The lowest BCUT2D eigenvalue weighted by atomic mass is 10.1. The minimum absolute atomic E-state index is 0.0909. The van der Waals surface area contributed by atoms with E-state index in [1.165, 1.54) is 30.6 Å². The molecule has 0 atom stereocenters. The highest BCUT2D eigenvalue weighted by atomic mass is 35.5. The zero-order valence-corrected chi connectivity index (χ0v) is 15.3. The van der Waals surface area contributed by atoms with Gasteiger partial charge in [0.25, 0.3) is 11.8 Å². The van der Waals surface area contributed by atoms with Gasteiger partial charge >= 0.3 is 0 Å². The van der Waals surface area contributed by atoms with Gasteiger partial charge in [0.15, 0.2) is 0 Å². The molecule has 0 unspecified atom stereocenters. The van der Waals surface area contributed by atoms with Gasteiger partial charge in [0.1, 0.15) is 5.82 Å². The molecule has 0 radical (unpaired) electrons. The van der Waals surface area contributed by atoms with Crippen LogP contribution in [0.15, 0.2) is 36.7 Å². The number of carbonyl (C=O) groups is 2. The van der Waals surface area contributed by atoms with Crippen LogP contribution in [0.2, 0.25) is 5.02 Å². The molecule has 0 bridgehead atoms. The normalized spacial score (nSPS) is 10.7. The summed E-state index contributed by atoms with van der Waals surface area (Å²) in [5, 5.41) is 5.29. The van der Waals surface area contributed by atoms with Gasteiger partial charge in [-0.05, 0) is 51.3 Å². The maximum Gasteiger partial charge on any atom is 0.257 e. The molecule has 0 spiro atoms. The molecule has 0 aliphatic carbocycles. The van der Waals surface area contributed by atoms with E-state index in [1.54, 1.807) is 0 Å². The Labute approximate surface area is 156 Å². The number of hydrogen-bond acceptors (Lipinski definition) is 4. The Morgan fingerprint density at radius 1 is 1.15 bits per heavy atom. The van der Waals surface area contributed by atoms with Gasteiger partial charge in [0.2, 0.25) is 0 Å². The van der Waals surface area contributed by atoms with Crippen molar-refractivity contribution in [3.05, 3.63) is 58.6 Å². The van der Waals surface area contributed by atoms with Gasteiger partial charge in [-0.3, -0.25) is 14.6 Å². The van der Waals surface area contributed by atoms with E-state index in [4.69, 9.17) is 11.6 Å². The van der Waals surface area contributed by atoms with Crippen molar-refractivity contribution in [3.63, 3.8) is 0 Å². The third kappa shape index (κ3) is 5.79. The summed E-state index contributed by atoms with van der Waals surface area (Å²) in [5.41, 5.74) is 0.853. The van der Waals surface area contributed by atoms with Gasteiger partial charge in [-0.1, -0.05) is 11.6 Å². The van der Waals surface area contributed by atoms with Crippen molar-refractivity contribution in [2.24, 2.45) is 0 Å². The van der Waals surface area contributed by atoms with Crippen molar-refractivity contribution in [1.29, 1.82) is 0 Å². The number of rotatable bonds is 7. The lowest BCUT2D eigenvalue weighted by Gasteiger charge is -2.10. The Balaban J connectivity index is 1.99. The zero-order valence-electron chi connectivity index (χ0n) is 14.6. The highest BCUT2D eigenvalue weighted by Crippen LogP contribution is 2.20. The maximum absolute atomic E-state index is 13.2. The Bertz CT molecular complexity index is 799. The lowest BCUT2D eigenvalue weighted by molar-refractivity contribution is 0.0952. The van der Waals surface area contributed by atoms with E-state index in [2.05, 4.69) is 15.6 Å². The molecule has 2 amide bonds. The van der Waals surface area contributed by atoms with Crippen molar-refractivity contribution in [2.45, 2.75) is 6.42 Å². The minimum atomic E-state index is -0.570. The van der Waals surface area contributed by atoms with Crippen LogP contribution in [-0.2, 0) is 0 Å². The molecule has 0 saturated heterocycles. The molecule has 0 aliphatic rings. The second kappa shape index (κ2) is 9.26. The standard InChI is InChI=1S/C18H20ClFN4O2/c1-24(2)7-3-6-22-17(25)12-8-13(11-21-10-12)18(26)23-14-4-5-16(20)15(19)9-14/h4-5,8-11H,3,6-7H2,1-2H3,(H,22,25)(H,23,26). The first-order chi connectivity index (χ1) is 12.4. The van der Waals surface area contributed by atoms with Crippen LogP contribution in [0.1, 0.15) is 27.1 Å². The Hall–Kier alpha value is -2.51. The van der Waals surface area contributed by atoms with Gasteiger partial charge in [-0.15, -0.1) is 0 Å². The molecule has 2 aromatic rings. The molecule has 138 valence electrons. The number of aromatic nitrogens is 1. The molecule has 0 aliphatic heterocycles. The van der Waals surface area contributed by atoms with E-state index in [0.29, 0.717) is 17.8 Å². The predicted molar refractivity (Wildman–Crippen MR) is 99.1 cm³/mol. The molecule has 6 nitrogen and oxygen atoms in total. The second-order valence-corrected chi connectivity index (χ2v) is 6.37. The second-order valence-electron chi connectivity index (χ2n) is 5.96. The fraction of sp³-hybridized carbons (Fsp3) is 0.278. The highest BCUT2D eigenvalue weighted by Gasteiger charge is 2.12. The molecule has 26 heavy (non-hydrogen) atoms. The number of halogens is 2. The van der Waals surface area contributed by atoms with Gasteiger partial charge in [0.05, 0.1) is 16.1 Å². The van der Waals surface area contributed by atoms with E-state index in [-0.39, 0.29) is 16.5 Å². The monoisotopic (exact) mass is 378 g/mol. The van der Waals surface area contributed by atoms with Crippen LogP contribution < -0.4 is 10.6 Å². The SMILES string of the molecule is CN(C)CCCNC(=O)c1cncc(C(=O)Nc2ccc(F)c(Cl)c2)c1. The summed E-state index contributed by atoms with van der Waals surface area (Å²) in [6.45, 7) is 1.39. The molecule has 1 aromatic carbocycles. The topological polar surface area (TPSA) is 74.3 Å². The molecular formula is C18H20ClFN4O2. The summed E-state index contributed by atoms with van der Waals surface area (Å²) in [6.07, 6.45) is 3.56. The van der Waals surface area contributed by atoms with Crippen molar-refractivity contribution in [2.75, 3.05) is 32.5 Å². The Kier molecular flexibility index (Phi) is 7.06. The van der Waals surface area contributed by atoms with Crippen molar-refractivity contribution < 1.29 is 14.0 Å². The van der Waals surface area contributed by atoms with Crippen LogP contribution in [0.3, 0.4) is 0 Å². The number of nitrogens with zero attached hydrogens (tertiary/aromatic N) is 2. The first kappa shape index (κ1) is 19.8. The molecule has 0 saturated carbocycles. The van der Waals surface area contributed by atoms with Gasteiger partial charge < -0.3 is 15.5 Å². The van der Waals surface area contributed by atoms with Crippen molar-refractivity contribution >= 4 is 29.1 Å². The fourth-order valence-electron chi connectivity index (χ4n) is 2.16. The zero-order chi connectivity index (χ0) is 19.1. The molecule has 8 heteroatoms. The average molecular weight is 379 g/mol. The van der Waals surface area contributed by atoms with E-state index in [0.717, 1.165) is 19.0 Å². The van der Waals surface area contributed by atoms with Crippen LogP contribution in [0, 0.1) is 5.82 Å². The van der Waals surface area contributed by atoms with Gasteiger partial charge in [-0.2, -0.15) is 0 Å². The van der Waals surface area contributed by atoms with E-state index in [9.17, 15) is 14.0 Å². The predicted octanol–water partition coefficient (Wildman–Crippen LogP) is 2.81. The third-order valence-corrected chi connectivity index (χ3v) is 3.80. The summed E-state index contributed by atoms with van der Waals surface area (Å²) >= 11 is 5.70. The Morgan fingerprint density at radius 3 is 2.50 bits per heavy atom. The number of carbonyl (C=O) groups excluding carboxylic acids is 2. The van der Waals surface area contributed by atoms with Crippen LogP contribution in [0.4, 0.5) is 10.1 Å². The highest BCUT2D eigenvalue weighted by molar-refractivity contribution is 6.31. The van der Waals surface area contributed by atoms with Gasteiger partial charge in [0, 0.05) is 24.6 Å². The van der Waals surface area contributed by atoms with Crippen molar-refractivity contribution in [3.8, 4) is 0 Å². The number of amides is 2. The summed E-state index contributed by atoms with van der Waals surface area (Å²) < 4.78 is 13.2.